The molecule has 6 heteroatoms. The van der Waals surface area contributed by atoms with Gasteiger partial charge in [0.25, 0.3) is 0 Å². The topological polar surface area (TPSA) is 66.4 Å². The lowest BCUT2D eigenvalue weighted by atomic mass is 9.98. The zero-order chi connectivity index (χ0) is 13.5. The van der Waals surface area contributed by atoms with E-state index in [0.29, 0.717) is 6.61 Å². The highest BCUT2D eigenvalue weighted by Gasteiger charge is 2.47. The highest BCUT2D eigenvalue weighted by molar-refractivity contribution is 4.92. The number of hydrogen-bond donors (Lipinski definition) is 1. The first-order valence-corrected chi connectivity index (χ1v) is 5.80. The molecule has 0 bridgehead atoms. The second-order valence-corrected chi connectivity index (χ2v) is 3.95. The maximum Gasteiger partial charge on any atom is 0.187 e. The summed E-state index contributed by atoms with van der Waals surface area (Å²) < 4.78 is 27.2. The predicted octanol–water partition coefficient (Wildman–Crippen LogP) is -0.0488. The molecule has 1 N–H and O–H groups in total. The molecule has 18 heavy (non-hydrogen) atoms. The Bertz CT molecular complexity index is 247. The van der Waals surface area contributed by atoms with E-state index in [4.69, 9.17) is 23.7 Å². The second-order valence-electron chi connectivity index (χ2n) is 3.95. The maximum atomic E-state index is 9.33. The molecule has 0 aromatic heterocycles. The monoisotopic (exact) mass is 262 g/mol. The Balaban J connectivity index is 2.83. The van der Waals surface area contributed by atoms with Crippen molar-refractivity contribution in [2.45, 2.75) is 30.7 Å². The van der Waals surface area contributed by atoms with Gasteiger partial charge in [0.15, 0.2) is 6.29 Å². The second kappa shape index (κ2) is 7.83. The van der Waals surface area contributed by atoms with Gasteiger partial charge in [-0.1, -0.05) is 6.08 Å². The molecule has 5 atom stereocenters. The van der Waals surface area contributed by atoms with Crippen LogP contribution in [-0.2, 0) is 23.7 Å². The lowest BCUT2D eigenvalue weighted by Gasteiger charge is -2.44. The summed E-state index contributed by atoms with van der Waals surface area (Å²) in [7, 11) is 4.66. The number of hydrogen-bond acceptors (Lipinski definition) is 6. The Labute approximate surface area is 107 Å². The Morgan fingerprint density at radius 3 is 2.17 bits per heavy atom. The molecular weight excluding hydrogens is 240 g/mol. The van der Waals surface area contributed by atoms with E-state index < -0.39 is 24.6 Å². The molecule has 1 saturated heterocycles. The van der Waals surface area contributed by atoms with E-state index in [0.717, 1.165) is 0 Å². The summed E-state index contributed by atoms with van der Waals surface area (Å²) in [6, 6.07) is 0. The van der Waals surface area contributed by atoms with Gasteiger partial charge in [-0.3, -0.25) is 0 Å². The van der Waals surface area contributed by atoms with Crippen molar-refractivity contribution in [2.24, 2.45) is 0 Å². The van der Waals surface area contributed by atoms with Crippen molar-refractivity contribution >= 4 is 0 Å². The molecule has 0 unspecified atom stereocenters. The van der Waals surface area contributed by atoms with Crippen molar-refractivity contribution < 1.29 is 28.8 Å². The van der Waals surface area contributed by atoms with Crippen molar-refractivity contribution in [1.82, 2.24) is 0 Å². The molecular formula is C12H22O6. The summed E-state index contributed by atoms with van der Waals surface area (Å²) in [5.74, 6) is 0. The van der Waals surface area contributed by atoms with Gasteiger partial charge in [0.1, 0.15) is 24.4 Å². The fraction of sp³-hybridized carbons (Fsp3) is 0.833. The largest absolute Gasteiger partial charge is 0.394 e. The lowest BCUT2D eigenvalue weighted by Crippen LogP contribution is -2.61. The molecule has 1 rings (SSSR count). The van der Waals surface area contributed by atoms with Crippen LogP contribution in [0.5, 0.6) is 0 Å². The van der Waals surface area contributed by atoms with Crippen LogP contribution in [0.15, 0.2) is 12.7 Å². The average Bonchev–Trinajstić information content (AvgIpc) is 2.42. The van der Waals surface area contributed by atoms with Crippen LogP contribution in [-0.4, -0.2) is 70.4 Å². The Morgan fingerprint density at radius 1 is 1.11 bits per heavy atom. The minimum absolute atomic E-state index is 0.178. The van der Waals surface area contributed by atoms with E-state index >= 15 is 0 Å². The van der Waals surface area contributed by atoms with E-state index in [1.165, 1.54) is 0 Å². The molecule has 0 aliphatic carbocycles. The van der Waals surface area contributed by atoms with Crippen LogP contribution in [0.1, 0.15) is 0 Å². The molecule has 106 valence electrons. The van der Waals surface area contributed by atoms with Crippen LogP contribution in [0.25, 0.3) is 0 Å². The number of rotatable bonds is 7. The van der Waals surface area contributed by atoms with E-state index in [9.17, 15) is 5.11 Å². The smallest absolute Gasteiger partial charge is 0.187 e. The fourth-order valence-corrected chi connectivity index (χ4v) is 2.12. The van der Waals surface area contributed by atoms with E-state index in [-0.39, 0.29) is 12.7 Å². The van der Waals surface area contributed by atoms with Crippen molar-refractivity contribution in [3.05, 3.63) is 12.7 Å². The van der Waals surface area contributed by atoms with Crippen LogP contribution >= 0.6 is 0 Å². The summed E-state index contributed by atoms with van der Waals surface area (Å²) in [6.07, 6.45) is -0.728. The summed E-state index contributed by atoms with van der Waals surface area (Å²) in [4.78, 5) is 0. The SMILES string of the molecule is C=CCO[C@@H]1O[C@H](CO)[C@H](OC)[C@H](OC)[C@H]1OC. The van der Waals surface area contributed by atoms with Gasteiger partial charge in [0.05, 0.1) is 13.2 Å². The van der Waals surface area contributed by atoms with Gasteiger partial charge in [-0.2, -0.15) is 0 Å². The number of methoxy groups -OCH3 is 3. The average molecular weight is 262 g/mol. The maximum absolute atomic E-state index is 9.33. The number of ether oxygens (including phenoxy) is 5. The molecule has 0 saturated carbocycles. The minimum atomic E-state index is -0.624. The van der Waals surface area contributed by atoms with Crippen molar-refractivity contribution in [1.29, 1.82) is 0 Å². The van der Waals surface area contributed by atoms with Gasteiger partial charge in [0.2, 0.25) is 0 Å². The standard InChI is InChI=1S/C12H22O6/c1-5-6-17-12-11(16-4)10(15-3)9(14-2)8(7-13)18-12/h5,8-13H,1,6-7H2,2-4H3/t8-,9+,10+,11-,12-/m1/s1. The molecule has 0 amide bonds. The Morgan fingerprint density at radius 2 is 1.72 bits per heavy atom. The van der Waals surface area contributed by atoms with Crippen molar-refractivity contribution in [2.75, 3.05) is 34.5 Å². The molecule has 1 fully saturated rings. The van der Waals surface area contributed by atoms with E-state index in [1.807, 2.05) is 0 Å². The van der Waals surface area contributed by atoms with E-state index in [1.54, 1.807) is 27.4 Å². The number of aliphatic hydroxyl groups excluding tert-OH is 1. The molecule has 0 aromatic rings. The van der Waals surface area contributed by atoms with Crippen molar-refractivity contribution in [3.63, 3.8) is 0 Å². The van der Waals surface area contributed by atoms with E-state index in [2.05, 4.69) is 6.58 Å². The Kier molecular flexibility index (Phi) is 6.77. The first-order chi connectivity index (χ1) is 8.73. The first kappa shape index (κ1) is 15.6. The number of aliphatic hydroxyl groups is 1. The van der Waals surface area contributed by atoms with Crippen LogP contribution in [0, 0.1) is 0 Å². The zero-order valence-electron chi connectivity index (χ0n) is 11.1. The third-order valence-electron chi connectivity index (χ3n) is 2.97. The summed E-state index contributed by atoms with van der Waals surface area (Å²) >= 11 is 0. The lowest BCUT2D eigenvalue weighted by molar-refractivity contribution is -0.310. The van der Waals surface area contributed by atoms with Gasteiger partial charge < -0.3 is 28.8 Å². The third-order valence-corrected chi connectivity index (χ3v) is 2.97. The van der Waals surface area contributed by atoms with Crippen LogP contribution < -0.4 is 0 Å². The quantitative estimate of drug-likeness (QED) is 0.649. The van der Waals surface area contributed by atoms with Gasteiger partial charge >= 0.3 is 0 Å². The van der Waals surface area contributed by atoms with Crippen LogP contribution in [0.4, 0.5) is 0 Å². The predicted molar refractivity (Wildman–Crippen MR) is 64.3 cm³/mol. The van der Waals surface area contributed by atoms with Crippen LogP contribution in [0.2, 0.25) is 0 Å². The zero-order valence-corrected chi connectivity index (χ0v) is 11.1. The molecule has 1 heterocycles. The summed E-state index contributed by atoms with van der Waals surface area (Å²) in [6.45, 7) is 3.73. The molecule has 0 radical (unpaired) electrons. The molecule has 0 aromatic carbocycles. The first-order valence-electron chi connectivity index (χ1n) is 5.80. The third kappa shape index (κ3) is 3.28. The van der Waals surface area contributed by atoms with Gasteiger partial charge in [-0.05, 0) is 0 Å². The summed E-state index contributed by atoms with van der Waals surface area (Å²) in [5.41, 5.74) is 0. The molecule has 6 nitrogen and oxygen atoms in total. The van der Waals surface area contributed by atoms with Gasteiger partial charge in [0, 0.05) is 21.3 Å². The molecule has 0 spiro atoms. The molecule has 1 aliphatic rings. The molecule has 1 aliphatic heterocycles. The highest BCUT2D eigenvalue weighted by Crippen LogP contribution is 2.27. The Hall–Kier alpha value is -0.500. The highest BCUT2D eigenvalue weighted by atomic mass is 16.7. The summed E-state index contributed by atoms with van der Waals surface area (Å²) in [5, 5.41) is 9.33. The normalized spacial score (nSPS) is 36.6. The van der Waals surface area contributed by atoms with Crippen LogP contribution in [0.3, 0.4) is 0 Å². The van der Waals surface area contributed by atoms with Gasteiger partial charge in [-0.25, -0.2) is 0 Å². The minimum Gasteiger partial charge on any atom is -0.394 e. The van der Waals surface area contributed by atoms with Crippen molar-refractivity contribution in [3.8, 4) is 0 Å². The van der Waals surface area contributed by atoms with Gasteiger partial charge in [-0.15, -0.1) is 6.58 Å². The fourth-order valence-electron chi connectivity index (χ4n) is 2.12.